The quantitative estimate of drug-likeness (QED) is 0.491. The zero-order valence-electron chi connectivity index (χ0n) is 16.2. The zero-order chi connectivity index (χ0) is 20.3. The first-order valence-electron chi connectivity index (χ1n) is 9.79. The second kappa shape index (κ2) is 7.75. The van der Waals surface area contributed by atoms with Crippen molar-refractivity contribution in [3.05, 3.63) is 96.7 Å². The van der Waals surface area contributed by atoms with Crippen LogP contribution in [-0.4, -0.2) is 31.8 Å². The van der Waals surface area contributed by atoms with Gasteiger partial charge in [0.05, 0.1) is 22.2 Å². The fraction of sp³-hybridized carbons (Fsp3) is 0.0833. The summed E-state index contributed by atoms with van der Waals surface area (Å²) >= 11 is 0. The largest absolute Gasteiger partial charge is 0.352 e. The molecule has 5 aromatic rings. The molecule has 0 spiro atoms. The van der Waals surface area contributed by atoms with Crippen molar-refractivity contribution in [2.75, 3.05) is 6.54 Å². The van der Waals surface area contributed by atoms with E-state index in [0.717, 1.165) is 39.8 Å². The Labute approximate surface area is 173 Å². The summed E-state index contributed by atoms with van der Waals surface area (Å²) in [6, 6.07) is 19.6. The Kier molecular flexibility index (Phi) is 4.65. The molecular formula is C24H19N5O. The second-order valence-electron chi connectivity index (χ2n) is 6.98. The van der Waals surface area contributed by atoms with E-state index < -0.39 is 0 Å². The van der Waals surface area contributed by atoms with E-state index in [-0.39, 0.29) is 5.91 Å². The Bertz CT molecular complexity index is 1330. The van der Waals surface area contributed by atoms with Gasteiger partial charge in [0.25, 0.3) is 5.91 Å². The lowest BCUT2D eigenvalue weighted by atomic mass is 10.0. The third kappa shape index (κ3) is 3.18. The molecule has 0 atom stereocenters. The minimum atomic E-state index is -0.130. The molecule has 6 heteroatoms. The van der Waals surface area contributed by atoms with E-state index in [4.69, 9.17) is 0 Å². The van der Waals surface area contributed by atoms with Crippen LogP contribution in [-0.2, 0) is 6.42 Å². The van der Waals surface area contributed by atoms with Crippen LogP contribution in [0.3, 0.4) is 0 Å². The summed E-state index contributed by atoms with van der Waals surface area (Å²) in [7, 11) is 0. The summed E-state index contributed by atoms with van der Waals surface area (Å²) in [5, 5.41) is 3.83. The van der Waals surface area contributed by atoms with Crippen LogP contribution in [0.15, 0.2) is 85.6 Å². The Hall–Kier alpha value is -4.06. The van der Waals surface area contributed by atoms with Gasteiger partial charge in [-0.1, -0.05) is 36.4 Å². The van der Waals surface area contributed by atoms with Gasteiger partial charge in [-0.3, -0.25) is 9.78 Å². The monoisotopic (exact) mass is 393 g/mol. The van der Waals surface area contributed by atoms with Gasteiger partial charge in [0.15, 0.2) is 0 Å². The minimum absolute atomic E-state index is 0.130. The van der Waals surface area contributed by atoms with Gasteiger partial charge in [-0.15, -0.1) is 0 Å². The molecule has 0 aliphatic heterocycles. The van der Waals surface area contributed by atoms with E-state index in [1.54, 1.807) is 18.7 Å². The summed E-state index contributed by atoms with van der Waals surface area (Å²) < 4.78 is 1.95. The van der Waals surface area contributed by atoms with Crippen LogP contribution < -0.4 is 5.32 Å². The van der Waals surface area contributed by atoms with E-state index >= 15 is 0 Å². The molecule has 4 heterocycles. The van der Waals surface area contributed by atoms with E-state index in [0.29, 0.717) is 12.1 Å². The van der Waals surface area contributed by atoms with E-state index in [9.17, 15) is 4.79 Å². The van der Waals surface area contributed by atoms with Gasteiger partial charge in [-0.25, -0.2) is 9.97 Å². The van der Waals surface area contributed by atoms with Gasteiger partial charge in [0, 0.05) is 30.7 Å². The summed E-state index contributed by atoms with van der Waals surface area (Å²) in [6.45, 7) is 0.531. The smallest absolute Gasteiger partial charge is 0.254 e. The van der Waals surface area contributed by atoms with E-state index in [2.05, 4.69) is 20.3 Å². The highest BCUT2D eigenvalue weighted by molar-refractivity contribution is 6.16. The highest BCUT2D eigenvalue weighted by Crippen LogP contribution is 2.32. The number of aromatic nitrogens is 4. The third-order valence-corrected chi connectivity index (χ3v) is 5.14. The SMILES string of the molecule is O=C(NCCc1ccncc1)c1c2c(-c3ccccc3)ncnc2n2ccccc12. The Morgan fingerprint density at radius 2 is 1.73 bits per heavy atom. The van der Waals surface area contributed by atoms with Crippen molar-refractivity contribution >= 4 is 22.5 Å². The standard InChI is InChI=1S/C24H19N5O/c30-24(26-14-11-17-9-12-25-13-10-17)20-19-8-4-5-15-29(19)23-21(20)22(27-16-28-23)18-6-2-1-3-7-18/h1-10,12-13,15-16H,11,14H2,(H,26,30). The van der Waals surface area contributed by atoms with Crippen molar-refractivity contribution in [1.29, 1.82) is 0 Å². The van der Waals surface area contributed by atoms with Crippen molar-refractivity contribution < 1.29 is 4.79 Å². The number of benzene rings is 1. The van der Waals surface area contributed by atoms with Crippen molar-refractivity contribution in [3.63, 3.8) is 0 Å². The molecule has 4 aromatic heterocycles. The molecule has 146 valence electrons. The fourth-order valence-corrected chi connectivity index (χ4v) is 3.75. The maximum Gasteiger partial charge on any atom is 0.254 e. The molecule has 6 nitrogen and oxygen atoms in total. The predicted molar refractivity (Wildman–Crippen MR) is 116 cm³/mol. The number of amides is 1. The van der Waals surface area contributed by atoms with Gasteiger partial charge < -0.3 is 9.72 Å². The predicted octanol–water partition coefficient (Wildman–Crippen LogP) is 3.92. The molecule has 0 unspecified atom stereocenters. The average molecular weight is 393 g/mol. The molecule has 0 saturated carbocycles. The molecule has 0 aliphatic rings. The Balaban J connectivity index is 1.60. The third-order valence-electron chi connectivity index (χ3n) is 5.14. The first kappa shape index (κ1) is 18.0. The molecule has 30 heavy (non-hydrogen) atoms. The molecule has 0 saturated heterocycles. The van der Waals surface area contributed by atoms with Gasteiger partial charge >= 0.3 is 0 Å². The van der Waals surface area contributed by atoms with E-state index in [1.165, 1.54) is 0 Å². The highest BCUT2D eigenvalue weighted by atomic mass is 16.1. The molecular weight excluding hydrogens is 374 g/mol. The Morgan fingerprint density at radius 3 is 2.57 bits per heavy atom. The number of rotatable bonds is 5. The minimum Gasteiger partial charge on any atom is -0.352 e. The van der Waals surface area contributed by atoms with Gasteiger partial charge in [-0.2, -0.15) is 0 Å². The van der Waals surface area contributed by atoms with Crippen LogP contribution in [0.1, 0.15) is 15.9 Å². The summed E-state index contributed by atoms with van der Waals surface area (Å²) in [5.41, 5.74) is 4.96. The van der Waals surface area contributed by atoms with Crippen LogP contribution in [0.2, 0.25) is 0 Å². The molecule has 1 N–H and O–H groups in total. The van der Waals surface area contributed by atoms with Gasteiger partial charge in [-0.05, 0) is 36.2 Å². The number of fused-ring (bicyclic) bond motifs is 3. The zero-order valence-corrected chi connectivity index (χ0v) is 16.2. The van der Waals surface area contributed by atoms with Crippen molar-refractivity contribution in [1.82, 2.24) is 24.7 Å². The maximum absolute atomic E-state index is 13.3. The van der Waals surface area contributed by atoms with Crippen LogP contribution in [0.4, 0.5) is 0 Å². The van der Waals surface area contributed by atoms with Crippen molar-refractivity contribution in [3.8, 4) is 11.3 Å². The number of carbonyl (C=O) groups excluding carboxylic acids is 1. The fourth-order valence-electron chi connectivity index (χ4n) is 3.75. The summed E-state index contributed by atoms with van der Waals surface area (Å²) in [5.74, 6) is -0.130. The number of hydrogen-bond donors (Lipinski definition) is 1. The number of pyridine rings is 2. The van der Waals surface area contributed by atoms with Crippen LogP contribution in [0, 0.1) is 0 Å². The summed E-state index contributed by atoms with van der Waals surface area (Å²) in [4.78, 5) is 26.4. The van der Waals surface area contributed by atoms with Crippen LogP contribution in [0.25, 0.3) is 27.8 Å². The molecule has 0 aliphatic carbocycles. The topological polar surface area (TPSA) is 72.2 Å². The van der Waals surface area contributed by atoms with Gasteiger partial charge in [0.2, 0.25) is 0 Å². The maximum atomic E-state index is 13.3. The number of nitrogens with one attached hydrogen (secondary N) is 1. The second-order valence-corrected chi connectivity index (χ2v) is 6.98. The Morgan fingerprint density at radius 1 is 0.933 bits per heavy atom. The van der Waals surface area contributed by atoms with E-state index in [1.807, 2.05) is 71.3 Å². The molecule has 1 aromatic carbocycles. The van der Waals surface area contributed by atoms with Crippen molar-refractivity contribution in [2.45, 2.75) is 6.42 Å². The first-order chi connectivity index (χ1) is 14.8. The lowest BCUT2D eigenvalue weighted by Crippen LogP contribution is -2.25. The first-order valence-corrected chi connectivity index (χ1v) is 9.79. The normalized spacial score (nSPS) is 11.1. The van der Waals surface area contributed by atoms with Crippen LogP contribution in [0.5, 0.6) is 0 Å². The van der Waals surface area contributed by atoms with Crippen molar-refractivity contribution in [2.24, 2.45) is 0 Å². The number of nitrogens with zero attached hydrogens (tertiary/aromatic N) is 4. The van der Waals surface area contributed by atoms with Gasteiger partial charge in [0.1, 0.15) is 12.0 Å². The molecule has 1 amide bonds. The average Bonchev–Trinajstić information content (AvgIpc) is 3.15. The number of carbonyl (C=O) groups is 1. The summed E-state index contributed by atoms with van der Waals surface area (Å²) in [6.07, 6.45) is 7.73. The molecule has 0 bridgehead atoms. The highest BCUT2D eigenvalue weighted by Gasteiger charge is 2.22. The number of hydrogen-bond acceptors (Lipinski definition) is 4. The lowest BCUT2D eigenvalue weighted by molar-refractivity contribution is 0.0957. The molecule has 5 rings (SSSR count). The molecule has 0 fully saturated rings. The lowest BCUT2D eigenvalue weighted by Gasteiger charge is -2.07. The van der Waals surface area contributed by atoms with Crippen LogP contribution >= 0.6 is 0 Å². The molecule has 0 radical (unpaired) electrons.